The minimum absolute atomic E-state index is 0.0786. The van der Waals surface area contributed by atoms with E-state index in [2.05, 4.69) is 4.98 Å². The Kier molecular flexibility index (Phi) is 4.80. The van der Waals surface area contributed by atoms with Crippen molar-refractivity contribution in [3.63, 3.8) is 0 Å². The number of sulfonamides is 1. The van der Waals surface area contributed by atoms with Gasteiger partial charge in [0, 0.05) is 35.5 Å². The molecule has 0 bridgehead atoms. The molecular weight excluding hydrogens is 458 g/mol. The number of hydrogen-bond donors (Lipinski definition) is 1. The lowest BCUT2D eigenvalue weighted by atomic mass is 9.97. The van der Waals surface area contributed by atoms with Gasteiger partial charge in [-0.05, 0) is 42.7 Å². The van der Waals surface area contributed by atoms with Gasteiger partial charge in [0.25, 0.3) is 0 Å². The molecule has 32 heavy (non-hydrogen) atoms. The molecule has 11 heteroatoms. The van der Waals surface area contributed by atoms with E-state index in [1.807, 2.05) is 4.90 Å². The van der Waals surface area contributed by atoms with Crippen LogP contribution < -0.4 is 14.9 Å². The number of thiazole rings is 1. The monoisotopic (exact) mass is 481 g/mol. The first-order valence-corrected chi connectivity index (χ1v) is 11.7. The zero-order chi connectivity index (χ0) is 25.7. The average molecular weight is 482 g/mol. The topological polar surface area (TPSA) is 96.6 Å². The van der Waals surface area contributed by atoms with Gasteiger partial charge in [-0.3, -0.25) is 9.69 Å². The molecule has 0 saturated carbocycles. The molecule has 0 spiro atoms. The van der Waals surface area contributed by atoms with Crippen LogP contribution in [0, 0.1) is 24.4 Å². The van der Waals surface area contributed by atoms with Gasteiger partial charge in [-0.15, -0.1) is 0 Å². The van der Waals surface area contributed by atoms with E-state index in [9.17, 15) is 22.0 Å². The van der Waals surface area contributed by atoms with E-state index in [-0.39, 0.29) is 16.6 Å². The summed E-state index contributed by atoms with van der Waals surface area (Å²) in [6, 6.07) is 10.0. The van der Waals surface area contributed by atoms with Gasteiger partial charge in [0.05, 0.1) is 11.6 Å². The highest BCUT2D eigenvalue weighted by Gasteiger charge is 2.36. The Morgan fingerprint density at radius 3 is 2.53 bits per heavy atom. The van der Waals surface area contributed by atoms with E-state index in [1.165, 1.54) is 7.05 Å². The fraction of sp³-hybridized carbons (Fsp3) is 0.238. The highest BCUT2D eigenvalue weighted by molar-refractivity contribution is 7.91. The first-order chi connectivity index (χ1) is 16.3. The number of anilines is 2. The van der Waals surface area contributed by atoms with Crippen LogP contribution in [0.1, 0.15) is 9.81 Å². The molecule has 2 heterocycles. The number of carbonyl (C=O) groups is 1. The summed E-state index contributed by atoms with van der Waals surface area (Å²) in [5.41, 5.74) is 0.782. The number of nitrogens with two attached hydrogens (primary N) is 1. The maximum Gasteiger partial charge on any atom is 0.249 e. The number of benzene rings is 2. The summed E-state index contributed by atoms with van der Waals surface area (Å²) in [5.74, 6) is -1.86. The Balaban J connectivity index is 1.45. The van der Waals surface area contributed by atoms with Crippen molar-refractivity contribution < 1.29 is 26.1 Å². The number of carbonyl (C=O) groups excluding carboxylic acids is 1. The maximum absolute atomic E-state index is 14.0. The second-order valence-electron chi connectivity index (χ2n) is 7.35. The lowest BCUT2D eigenvalue weighted by Gasteiger charge is -2.41. The van der Waals surface area contributed by atoms with Gasteiger partial charge in [0.1, 0.15) is 11.6 Å². The van der Waals surface area contributed by atoms with Crippen molar-refractivity contribution in [2.24, 2.45) is 11.1 Å². The second-order valence-corrected chi connectivity index (χ2v) is 10.1. The second kappa shape index (κ2) is 8.23. The summed E-state index contributed by atoms with van der Waals surface area (Å²) < 4.78 is 73.0. The van der Waals surface area contributed by atoms with Gasteiger partial charge < -0.3 is 4.90 Å². The van der Waals surface area contributed by atoms with Gasteiger partial charge in [0.2, 0.25) is 15.9 Å². The molecule has 7 nitrogen and oxygen atoms in total. The van der Waals surface area contributed by atoms with Gasteiger partial charge in [-0.25, -0.2) is 27.3 Å². The standard InChI is InChI=1S/C21H20F2N4O3S2/c1-12-20(32(24,29)30)31-21(25-12)26(2)19(28)14-10-27(11-14)16-6-3-13(4-7-16)17-9-15(22)5-8-18(17)23/h3-9,14H,10-11H2,1-2H3,(H2,24,29,30)/i1D3. The molecule has 3 aromatic rings. The first kappa shape index (κ1) is 18.7. The van der Waals surface area contributed by atoms with Crippen molar-refractivity contribution >= 4 is 38.1 Å². The van der Waals surface area contributed by atoms with Gasteiger partial charge in [-0.2, -0.15) is 0 Å². The van der Waals surface area contributed by atoms with E-state index in [0.29, 0.717) is 30.0 Å². The third-order valence-electron chi connectivity index (χ3n) is 5.16. The Morgan fingerprint density at radius 1 is 1.25 bits per heavy atom. The maximum atomic E-state index is 14.0. The van der Waals surface area contributed by atoms with Crippen LogP contribution in [0.15, 0.2) is 46.7 Å². The molecule has 0 radical (unpaired) electrons. The summed E-state index contributed by atoms with van der Waals surface area (Å²) in [4.78, 5) is 19.8. The molecule has 4 rings (SSSR count). The number of rotatable bonds is 5. The molecule has 1 aliphatic rings. The minimum Gasteiger partial charge on any atom is -0.370 e. The summed E-state index contributed by atoms with van der Waals surface area (Å²) in [7, 11) is -2.94. The largest absolute Gasteiger partial charge is 0.370 e. The van der Waals surface area contributed by atoms with Crippen molar-refractivity contribution in [3.8, 4) is 11.1 Å². The molecule has 2 aromatic carbocycles. The molecule has 2 N–H and O–H groups in total. The Bertz CT molecular complexity index is 1390. The predicted octanol–water partition coefficient (Wildman–Crippen LogP) is 3.14. The van der Waals surface area contributed by atoms with E-state index < -0.39 is 44.3 Å². The average Bonchev–Trinajstić information content (AvgIpc) is 3.21. The SMILES string of the molecule is [2H]C([2H])([2H])c1nc(N(C)C(=O)C2CN(c3ccc(-c4cc(F)ccc4F)cc3)C2)sc1S(N)(=O)=O. The fourth-order valence-corrected chi connectivity index (χ4v) is 5.09. The molecular formula is C21H20F2N4O3S2. The van der Waals surface area contributed by atoms with Crippen molar-refractivity contribution in [3.05, 3.63) is 59.8 Å². The lowest BCUT2D eigenvalue weighted by Crippen LogP contribution is -2.54. The first-order valence-electron chi connectivity index (χ1n) is 10.9. The van der Waals surface area contributed by atoms with E-state index in [1.54, 1.807) is 24.3 Å². The number of hydrogen-bond acceptors (Lipinski definition) is 6. The summed E-state index contributed by atoms with van der Waals surface area (Å²) in [6.45, 7) is -2.10. The molecule has 1 aromatic heterocycles. The third-order valence-corrected chi connectivity index (χ3v) is 7.75. The number of aryl methyl sites for hydroxylation is 1. The van der Waals surface area contributed by atoms with Gasteiger partial charge in [0.15, 0.2) is 9.34 Å². The van der Waals surface area contributed by atoms with Crippen molar-refractivity contribution in [2.75, 3.05) is 29.9 Å². The van der Waals surface area contributed by atoms with Crippen LogP contribution in [0.25, 0.3) is 11.1 Å². The molecule has 1 fully saturated rings. The highest BCUT2D eigenvalue weighted by atomic mass is 32.2. The van der Waals surface area contributed by atoms with E-state index >= 15 is 0 Å². The highest BCUT2D eigenvalue weighted by Crippen LogP contribution is 2.32. The lowest BCUT2D eigenvalue weighted by molar-refractivity contribution is -0.122. The molecule has 1 amide bonds. The smallest absolute Gasteiger partial charge is 0.249 e. The van der Waals surface area contributed by atoms with Crippen molar-refractivity contribution in [1.29, 1.82) is 0 Å². The molecule has 168 valence electrons. The number of nitrogens with zero attached hydrogens (tertiary/aromatic N) is 3. The molecule has 0 unspecified atom stereocenters. The Morgan fingerprint density at radius 2 is 1.94 bits per heavy atom. The van der Waals surface area contributed by atoms with Crippen LogP contribution in [-0.2, 0) is 14.8 Å². The van der Waals surface area contributed by atoms with Crippen LogP contribution in [0.4, 0.5) is 19.6 Å². The molecule has 0 atom stereocenters. The van der Waals surface area contributed by atoms with Crippen LogP contribution in [0.2, 0.25) is 0 Å². The van der Waals surface area contributed by atoms with Crippen LogP contribution >= 0.6 is 11.3 Å². The summed E-state index contributed by atoms with van der Waals surface area (Å²) in [5, 5.41) is 5.05. The Hall–Kier alpha value is -2.89. The molecule has 1 saturated heterocycles. The quantitative estimate of drug-likeness (QED) is 0.604. The van der Waals surface area contributed by atoms with Crippen LogP contribution in [0.3, 0.4) is 0 Å². The Labute approximate surface area is 192 Å². The number of primary sulfonamides is 1. The van der Waals surface area contributed by atoms with E-state index in [4.69, 9.17) is 9.25 Å². The number of amides is 1. The number of aromatic nitrogens is 1. The number of halogens is 2. The van der Waals surface area contributed by atoms with E-state index in [0.717, 1.165) is 28.8 Å². The summed E-state index contributed by atoms with van der Waals surface area (Å²) >= 11 is 0.531. The third kappa shape index (κ3) is 4.23. The predicted molar refractivity (Wildman–Crippen MR) is 119 cm³/mol. The van der Waals surface area contributed by atoms with Crippen LogP contribution in [0.5, 0.6) is 0 Å². The fourth-order valence-electron chi connectivity index (χ4n) is 3.42. The van der Waals surface area contributed by atoms with Crippen molar-refractivity contribution in [2.45, 2.75) is 11.1 Å². The molecule has 0 aliphatic carbocycles. The summed E-state index contributed by atoms with van der Waals surface area (Å²) in [6.07, 6.45) is 0. The molecule has 1 aliphatic heterocycles. The zero-order valence-electron chi connectivity index (χ0n) is 19.7. The zero-order valence-corrected chi connectivity index (χ0v) is 18.4. The minimum atomic E-state index is -4.33. The van der Waals surface area contributed by atoms with Crippen molar-refractivity contribution in [1.82, 2.24) is 4.98 Å². The normalized spacial score (nSPS) is 16.1. The van der Waals surface area contributed by atoms with Gasteiger partial charge >= 0.3 is 0 Å². The van der Waals surface area contributed by atoms with Crippen LogP contribution in [-0.4, -0.2) is 39.4 Å². The van der Waals surface area contributed by atoms with Gasteiger partial charge in [-0.1, -0.05) is 23.5 Å².